The van der Waals surface area contributed by atoms with Gasteiger partial charge in [0.25, 0.3) is 0 Å². The van der Waals surface area contributed by atoms with Gasteiger partial charge in [-0.1, -0.05) is 0 Å². The van der Waals surface area contributed by atoms with Gasteiger partial charge in [-0.05, 0) is 39.3 Å². The molecule has 0 radical (unpaired) electrons. The van der Waals surface area contributed by atoms with Gasteiger partial charge in [0.1, 0.15) is 5.82 Å². The first-order chi connectivity index (χ1) is 8.72. The number of aryl methyl sites for hydroxylation is 1. The monoisotopic (exact) mass is 246 g/mol. The van der Waals surface area contributed by atoms with Crippen molar-refractivity contribution in [3.8, 4) is 0 Å². The maximum atomic E-state index is 4.52. The van der Waals surface area contributed by atoms with Crippen LogP contribution >= 0.6 is 0 Å². The molecule has 0 spiro atoms. The van der Waals surface area contributed by atoms with Crippen LogP contribution in [-0.2, 0) is 6.54 Å². The van der Waals surface area contributed by atoms with Gasteiger partial charge in [-0.2, -0.15) is 0 Å². The third kappa shape index (κ3) is 2.40. The van der Waals surface area contributed by atoms with Crippen LogP contribution in [0.1, 0.15) is 31.3 Å². The maximum Gasteiger partial charge on any atom is 0.125 e. The SMILES string of the molecule is Cc1nccc(CN2CC3CCCN3CC2C)n1. The maximum absolute atomic E-state index is 4.52. The van der Waals surface area contributed by atoms with E-state index in [1.807, 2.05) is 19.2 Å². The van der Waals surface area contributed by atoms with Crippen molar-refractivity contribution >= 4 is 0 Å². The second-order valence-electron chi connectivity index (χ2n) is 5.66. The average molecular weight is 246 g/mol. The van der Waals surface area contributed by atoms with Crippen LogP contribution in [0.15, 0.2) is 12.3 Å². The van der Waals surface area contributed by atoms with Crippen LogP contribution in [0.3, 0.4) is 0 Å². The zero-order chi connectivity index (χ0) is 12.5. The number of fused-ring (bicyclic) bond motifs is 1. The third-order valence-electron chi connectivity index (χ3n) is 4.27. The van der Waals surface area contributed by atoms with Gasteiger partial charge in [-0.25, -0.2) is 9.97 Å². The Hall–Kier alpha value is -1.00. The lowest BCUT2D eigenvalue weighted by Gasteiger charge is -2.42. The average Bonchev–Trinajstić information content (AvgIpc) is 2.76. The zero-order valence-electron chi connectivity index (χ0n) is 11.3. The summed E-state index contributed by atoms with van der Waals surface area (Å²) in [5.41, 5.74) is 1.15. The first-order valence-electron chi connectivity index (χ1n) is 6.99. The van der Waals surface area contributed by atoms with E-state index in [0.29, 0.717) is 6.04 Å². The fourth-order valence-corrected chi connectivity index (χ4v) is 3.27. The first-order valence-corrected chi connectivity index (χ1v) is 6.99. The van der Waals surface area contributed by atoms with Crippen LogP contribution in [0.4, 0.5) is 0 Å². The topological polar surface area (TPSA) is 32.3 Å². The van der Waals surface area contributed by atoms with E-state index in [9.17, 15) is 0 Å². The predicted octanol–water partition coefficient (Wildman–Crippen LogP) is 1.45. The third-order valence-corrected chi connectivity index (χ3v) is 4.27. The van der Waals surface area contributed by atoms with Crippen LogP contribution in [0, 0.1) is 6.92 Å². The van der Waals surface area contributed by atoms with Gasteiger partial charge in [-0.3, -0.25) is 9.80 Å². The van der Waals surface area contributed by atoms with Crippen molar-refractivity contribution in [2.24, 2.45) is 0 Å². The van der Waals surface area contributed by atoms with Crippen molar-refractivity contribution in [3.05, 3.63) is 23.8 Å². The predicted molar refractivity (Wildman–Crippen MR) is 71.2 cm³/mol. The molecule has 2 unspecified atom stereocenters. The molecule has 3 rings (SSSR count). The van der Waals surface area contributed by atoms with Crippen LogP contribution in [0.5, 0.6) is 0 Å². The highest BCUT2D eigenvalue weighted by Crippen LogP contribution is 2.25. The summed E-state index contributed by atoms with van der Waals surface area (Å²) in [6.45, 7) is 8.98. The minimum Gasteiger partial charge on any atom is -0.298 e. The van der Waals surface area contributed by atoms with Crippen LogP contribution in [0.2, 0.25) is 0 Å². The highest BCUT2D eigenvalue weighted by atomic mass is 15.3. The fraction of sp³-hybridized carbons (Fsp3) is 0.714. The highest BCUT2D eigenvalue weighted by Gasteiger charge is 2.34. The first kappa shape index (κ1) is 12.1. The van der Waals surface area contributed by atoms with E-state index in [2.05, 4.69) is 26.7 Å². The van der Waals surface area contributed by atoms with Crippen molar-refractivity contribution < 1.29 is 0 Å². The Morgan fingerprint density at radius 2 is 2.28 bits per heavy atom. The van der Waals surface area contributed by atoms with E-state index < -0.39 is 0 Å². The van der Waals surface area contributed by atoms with Gasteiger partial charge in [0, 0.05) is 37.9 Å². The van der Waals surface area contributed by atoms with Gasteiger partial charge in [0.05, 0.1) is 5.69 Å². The van der Waals surface area contributed by atoms with Gasteiger partial charge in [-0.15, -0.1) is 0 Å². The van der Waals surface area contributed by atoms with Gasteiger partial charge < -0.3 is 0 Å². The van der Waals surface area contributed by atoms with E-state index in [4.69, 9.17) is 0 Å². The van der Waals surface area contributed by atoms with Crippen molar-refractivity contribution in [2.75, 3.05) is 19.6 Å². The Morgan fingerprint density at radius 1 is 1.39 bits per heavy atom. The lowest BCUT2D eigenvalue weighted by atomic mass is 10.1. The Morgan fingerprint density at radius 3 is 3.11 bits per heavy atom. The summed E-state index contributed by atoms with van der Waals surface area (Å²) in [7, 11) is 0. The summed E-state index contributed by atoms with van der Waals surface area (Å²) < 4.78 is 0. The normalized spacial score (nSPS) is 29.4. The molecule has 0 aliphatic carbocycles. The molecule has 0 amide bonds. The molecule has 3 heterocycles. The molecule has 0 aromatic carbocycles. The molecule has 18 heavy (non-hydrogen) atoms. The highest BCUT2D eigenvalue weighted by molar-refractivity contribution is 5.03. The second-order valence-corrected chi connectivity index (χ2v) is 5.66. The fourth-order valence-electron chi connectivity index (χ4n) is 3.27. The number of piperazine rings is 1. The largest absolute Gasteiger partial charge is 0.298 e. The Kier molecular flexibility index (Phi) is 3.31. The summed E-state index contributed by atoms with van der Waals surface area (Å²) in [5.74, 6) is 0.875. The van der Waals surface area contributed by atoms with Gasteiger partial charge >= 0.3 is 0 Å². The molecule has 1 aromatic rings. The molecule has 98 valence electrons. The van der Waals surface area contributed by atoms with Crippen molar-refractivity contribution in [1.29, 1.82) is 0 Å². The number of nitrogens with zero attached hydrogens (tertiary/aromatic N) is 4. The molecule has 2 saturated heterocycles. The molecule has 0 bridgehead atoms. The molecular formula is C14H22N4. The standard InChI is InChI=1S/C14H22N4/c1-11-8-17-7-3-4-14(17)10-18(11)9-13-5-6-15-12(2)16-13/h5-6,11,14H,3-4,7-10H2,1-2H3. The summed E-state index contributed by atoms with van der Waals surface area (Å²) in [6, 6.07) is 3.46. The van der Waals surface area contributed by atoms with Crippen LogP contribution in [-0.4, -0.2) is 51.5 Å². The number of hydrogen-bond acceptors (Lipinski definition) is 4. The Labute approximate surface area is 109 Å². The molecule has 2 aliphatic rings. The molecule has 4 nitrogen and oxygen atoms in total. The molecule has 2 atom stereocenters. The summed E-state index contributed by atoms with van der Waals surface area (Å²) >= 11 is 0. The van der Waals surface area contributed by atoms with Gasteiger partial charge in [0.15, 0.2) is 0 Å². The van der Waals surface area contributed by atoms with Crippen LogP contribution in [0.25, 0.3) is 0 Å². The van der Waals surface area contributed by atoms with Crippen molar-refractivity contribution in [2.45, 2.75) is 45.3 Å². The summed E-state index contributed by atoms with van der Waals surface area (Å²) in [5, 5.41) is 0. The smallest absolute Gasteiger partial charge is 0.125 e. The molecular weight excluding hydrogens is 224 g/mol. The molecule has 0 saturated carbocycles. The number of aromatic nitrogens is 2. The minimum absolute atomic E-state index is 0.634. The van der Waals surface area contributed by atoms with Gasteiger partial charge in [0.2, 0.25) is 0 Å². The van der Waals surface area contributed by atoms with E-state index >= 15 is 0 Å². The lowest BCUT2D eigenvalue weighted by molar-refractivity contribution is 0.0531. The Balaban J connectivity index is 1.68. The van der Waals surface area contributed by atoms with E-state index in [1.165, 1.54) is 32.5 Å². The van der Waals surface area contributed by atoms with Crippen LogP contribution < -0.4 is 0 Å². The molecule has 0 N–H and O–H groups in total. The van der Waals surface area contributed by atoms with E-state index in [1.54, 1.807) is 0 Å². The molecule has 2 fully saturated rings. The summed E-state index contributed by atoms with van der Waals surface area (Å²) in [4.78, 5) is 13.9. The van der Waals surface area contributed by atoms with Crippen molar-refractivity contribution in [3.63, 3.8) is 0 Å². The Bertz CT molecular complexity index is 420. The zero-order valence-corrected chi connectivity index (χ0v) is 11.3. The molecule has 2 aliphatic heterocycles. The summed E-state index contributed by atoms with van der Waals surface area (Å²) in [6.07, 6.45) is 4.61. The number of rotatable bonds is 2. The molecule has 1 aromatic heterocycles. The molecule has 4 heteroatoms. The quantitative estimate of drug-likeness (QED) is 0.790. The minimum atomic E-state index is 0.634. The van der Waals surface area contributed by atoms with E-state index in [-0.39, 0.29) is 0 Å². The second kappa shape index (κ2) is 4.94. The van der Waals surface area contributed by atoms with Crippen molar-refractivity contribution in [1.82, 2.24) is 19.8 Å². The number of hydrogen-bond donors (Lipinski definition) is 0. The lowest BCUT2D eigenvalue weighted by Crippen LogP contribution is -2.54. The van der Waals surface area contributed by atoms with E-state index in [0.717, 1.165) is 24.1 Å².